The van der Waals surface area contributed by atoms with Crippen molar-refractivity contribution in [2.24, 2.45) is 0 Å². The van der Waals surface area contributed by atoms with Crippen molar-refractivity contribution in [3.8, 4) is 11.1 Å². The topological polar surface area (TPSA) is 17.1 Å². The van der Waals surface area contributed by atoms with Gasteiger partial charge in [0, 0.05) is 12.8 Å². The minimum Gasteiger partial charge on any atom is -0.299 e. The predicted molar refractivity (Wildman–Crippen MR) is 73.9 cm³/mol. The van der Waals surface area contributed by atoms with Gasteiger partial charge in [-0.05, 0) is 40.8 Å². The lowest BCUT2D eigenvalue weighted by Crippen LogP contribution is -2.13. The number of carbonyl (C=O) groups excluding carboxylic acids is 1. The molecule has 2 aromatic carbocycles. The molecular formula is C17H13F3O. The Labute approximate surface area is 120 Å². The van der Waals surface area contributed by atoms with Crippen LogP contribution in [0.5, 0.6) is 0 Å². The third-order valence-electron chi connectivity index (χ3n) is 3.79. The molecule has 0 aliphatic heterocycles. The van der Waals surface area contributed by atoms with Gasteiger partial charge < -0.3 is 0 Å². The van der Waals surface area contributed by atoms with E-state index in [1.54, 1.807) is 12.1 Å². The molecule has 0 saturated carbocycles. The lowest BCUT2D eigenvalue weighted by atomic mass is 9.88. The largest absolute Gasteiger partial charge is 0.416 e. The zero-order chi connectivity index (χ0) is 15.0. The Hall–Kier alpha value is -2.10. The van der Waals surface area contributed by atoms with Crippen LogP contribution in [0.4, 0.5) is 13.2 Å². The molecule has 21 heavy (non-hydrogen) atoms. The molecule has 3 rings (SSSR count). The van der Waals surface area contributed by atoms with Crippen molar-refractivity contribution in [3.63, 3.8) is 0 Å². The minimum atomic E-state index is -4.34. The van der Waals surface area contributed by atoms with Crippen molar-refractivity contribution in [2.45, 2.75) is 25.4 Å². The fourth-order valence-electron chi connectivity index (χ4n) is 2.66. The second-order valence-electron chi connectivity index (χ2n) is 5.28. The molecular weight excluding hydrogens is 277 g/mol. The van der Waals surface area contributed by atoms with Crippen LogP contribution >= 0.6 is 0 Å². The van der Waals surface area contributed by atoms with Crippen molar-refractivity contribution < 1.29 is 18.0 Å². The summed E-state index contributed by atoms with van der Waals surface area (Å²) < 4.78 is 38.3. The number of carbonyl (C=O) groups is 1. The van der Waals surface area contributed by atoms with E-state index >= 15 is 0 Å². The van der Waals surface area contributed by atoms with E-state index in [1.165, 1.54) is 6.07 Å². The van der Waals surface area contributed by atoms with Gasteiger partial charge in [0.2, 0.25) is 0 Å². The SMILES string of the molecule is O=C1CCc2cc(-c3cccc(C(F)(F)F)c3)ccc2C1. The monoisotopic (exact) mass is 290 g/mol. The molecule has 1 aliphatic rings. The first-order chi connectivity index (χ1) is 9.93. The number of alkyl halides is 3. The molecule has 2 aromatic rings. The zero-order valence-electron chi connectivity index (χ0n) is 11.2. The van der Waals surface area contributed by atoms with E-state index in [0.29, 0.717) is 24.8 Å². The third kappa shape index (κ3) is 2.84. The van der Waals surface area contributed by atoms with Gasteiger partial charge in [-0.25, -0.2) is 0 Å². The maximum atomic E-state index is 12.8. The lowest BCUT2D eigenvalue weighted by molar-refractivity contribution is -0.137. The highest BCUT2D eigenvalue weighted by atomic mass is 19.4. The lowest BCUT2D eigenvalue weighted by Gasteiger charge is -2.16. The standard InChI is InChI=1S/C17H13F3O/c18-17(19,20)15-3-1-2-11(9-15)12-4-5-14-10-16(21)7-6-13(14)8-12/h1-5,8-9H,6-7,10H2. The second kappa shape index (κ2) is 5.02. The number of benzene rings is 2. The van der Waals surface area contributed by atoms with Crippen molar-refractivity contribution in [2.75, 3.05) is 0 Å². The number of Topliss-reactive ketones (excluding diaryl/α,β-unsaturated/α-hetero) is 1. The van der Waals surface area contributed by atoms with Gasteiger partial charge >= 0.3 is 6.18 Å². The summed E-state index contributed by atoms with van der Waals surface area (Å²) in [6.07, 6.45) is -2.73. The molecule has 1 nitrogen and oxygen atoms in total. The van der Waals surface area contributed by atoms with E-state index in [2.05, 4.69) is 0 Å². The van der Waals surface area contributed by atoms with Gasteiger partial charge in [0.25, 0.3) is 0 Å². The normalized spacial score (nSPS) is 14.9. The van der Waals surface area contributed by atoms with Gasteiger partial charge in [-0.15, -0.1) is 0 Å². The van der Waals surface area contributed by atoms with Crippen molar-refractivity contribution in [1.29, 1.82) is 0 Å². The Morgan fingerprint density at radius 3 is 2.38 bits per heavy atom. The molecule has 4 heteroatoms. The highest BCUT2D eigenvalue weighted by Crippen LogP contribution is 2.33. The van der Waals surface area contributed by atoms with Crippen LogP contribution in [0.1, 0.15) is 23.1 Å². The van der Waals surface area contributed by atoms with E-state index in [-0.39, 0.29) is 5.78 Å². The number of fused-ring (bicyclic) bond motifs is 1. The Morgan fingerprint density at radius 1 is 0.857 bits per heavy atom. The van der Waals surface area contributed by atoms with Crippen molar-refractivity contribution in [1.82, 2.24) is 0 Å². The van der Waals surface area contributed by atoms with Gasteiger partial charge in [0.15, 0.2) is 0 Å². The third-order valence-corrected chi connectivity index (χ3v) is 3.79. The first kappa shape index (κ1) is 13.9. The van der Waals surface area contributed by atoms with E-state index in [9.17, 15) is 18.0 Å². The van der Waals surface area contributed by atoms with Crippen molar-refractivity contribution in [3.05, 3.63) is 59.2 Å². The fourth-order valence-corrected chi connectivity index (χ4v) is 2.66. The molecule has 0 spiro atoms. The summed E-state index contributed by atoms with van der Waals surface area (Å²) in [5, 5.41) is 0. The van der Waals surface area contributed by atoms with E-state index < -0.39 is 11.7 Å². The number of hydrogen-bond acceptors (Lipinski definition) is 1. The maximum Gasteiger partial charge on any atom is 0.416 e. The number of hydrogen-bond donors (Lipinski definition) is 0. The average molecular weight is 290 g/mol. The molecule has 0 unspecified atom stereocenters. The summed E-state index contributed by atoms with van der Waals surface area (Å²) in [5.74, 6) is 0.217. The Bertz CT molecular complexity index is 701. The van der Waals surface area contributed by atoms with Gasteiger partial charge in [-0.3, -0.25) is 4.79 Å². The summed E-state index contributed by atoms with van der Waals surface area (Å²) in [5.41, 5.74) is 2.71. The Balaban J connectivity index is 2.00. The fraction of sp³-hybridized carbons (Fsp3) is 0.235. The number of ketones is 1. The van der Waals surface area contributed by atoms with Crippen LogP contribution in [0.15, 0.2) is 42.5 Å². The maximum absolute atomic E-state index is 12.8. The van der Waals surface area contributed by atoms with E-state index in [0.717, 1.165) is 28.8 Å². The molecule has 0 fully saturated rings. The Kier molecular flexibility index (Phi) is 3.32. The Morgan fingerprint density at radius 2 is 1.62 bits per heavy atom. The van der Waals surface area contributed by atoms with Crippen LogP contribution in [0, 0.1) is 0 Å². The van der Waals surface area contributed by atoms with Crippen LogP contribution in [-0.4, -0.2) is 5.78 Å². The minimum absolute atomic E-state index is 0.217. The summed E-state index contributed by atoms with van der Waals surface area (Å²) in [7, 11) is 0. The molecule has 108 valence electrons. The van der Waals surface area contributed by atoms with E-state index in [1.807, 2.05) is 12.1 Å². The number of halogens is 3. The predicted octanol–water partition coefficient (Wildman–Crippen LogP) is 4.43. The molecule has 0 aromatic heterocycles. The highest BCUT2D eigenvalue weighted by Gasteiger charge is 2.30. The molecule has 0 saturated heterocycles. The molecule has 0 heterocycles. The average Bonchev–Trinajstić information content (AvgIpc) is 2.46. The molecule has 0 amide bonds. The van der Waals surface area contributed by atoms with Crippen molar-refractivity contribution >= 4 is 5.78 Å². The molecule has 0 atom stereocenters. The molecule has 0 radical (unpaired) electrons. The smallest absolute Gasteiger partial charge is 0.299 e. The number of aryl methyl sites for hydroxylation is 1. The quantitative estimate of drug-likeness (QED) is 0.759. The van der Waals surface area contributed by atoms with Crippen LogP contribution < -0.4 is 0 Å². The second-order valence-corrected chi connectivity index (χ2v) is 5.28. The summed E-state index contributed by atoms with van der Waals surface area (Å²) in [6, 6.07) is 10.9. The summed E-state index contributed by atoms with van der Waals surface area (Å²) >= 11 is 0. The van der Waals surface area contributed by atoms with Gasteiger partial charge in [0.1, 0.15) is 5.78 Å². The van der Waals surface area contributed by atoms with Gasteiger partial charge in [-0.1, -0.05) is 30.3 Å². The van der Waals surface area contributed by atoms with Gasteiger partial charge in [-0.2, -0.15) is 13.2 Å². The van der Waals surface area contributed by atoms with Crippen LogP contribution in [0.25, 0.3) is 11.1 Å². The molecule has 1 aliphatic carbocycles. The molecule has 0 bridgehead atoms. The summed E-state index contributed by atoms with van der Waals surface area (Å²) in [4.78, 5) is 11.4. The molecule has 0 N–H and O–H groups in total. The van der Waals surface area contributed by atoms with E-state index in [4.69, 9.17) is 0 Å². The number of rotatable bonds is 1. The highest BCUT2D eigenvalue weighted by molar-refractivity contribution is 5.83. The first-order valence-corrected chi connectivity index (χ1v) is 6.74. The first-order valence-electron chi connectivity index (χ1n) is 6.74. The van der Waals surface area contributed by atoms with Gasteiger partial charge in [0.05, 0.1) is 5.56 Å². The zero-order valence-corrected chi connectivity index (χ0v) is 11.2. The summed E-state index contributed by atoms with van der Waals surface area (Å²) in [6.45, 7) is 0. The van der Waals surface area contributed by atoms with Crippen LogP contribution in [0.2, 0.25) is 0 Å². The van der Waals surface area contributed by atoms with Crippen LogP contribution in [0.3, 0.4) is 0 Å². The van der Waals surface area contributed by atoms with Crippen LogP contribution in [-0.2, 0) is 23.8 Å².